The predicted octanol–water partition coefficient (Wildman–Crippen LogP) is 2.52. The van der Waals surface area contributed by atoms with Crippen LogP contribution in [0, 0.1) is 12.2 Å². The summed E-state index contributed by atoms with van der Waals surface area (Å²) in [5.41, 5.74) is 4.74. The van der Waals surface area contributed by atoms with E-state index in [1.54, 1.807) is 0 Å². The molecule has 71 valence electrons. The lowest BCUT2D eigenvalue weighted by Gasteiger charge is -2.06. The summed E-state index contributed by atoms with van der Waals surface area (Å²) in [7, 11) is 0. The summed E-state index contributed by atoms with van der Waals surface area (Å²) in [5, 5.41) is 0. The summed E-state index contributed by atoms with van der Waals surface area (Å²) in [6.07, 6.45) is -4.66. The molecule has 13 heavy (non-hydrogen) atoms. The molecular weight excluding hydrogens is 186 g/mol. The summed E-state index contributed by atoms with van der Waals surface area (Å²) in [4.78, 5) is 0. The van der Waals surface area contributed by atoms with Crippen molar-refractivity contribution in [3.05, 3.63) is 36.0 Å². The van der Waals surface area contributed by atoms with E-state index in [4.69, 9.17) is 5.73 Å². The van der Waals surface area contributed by atoms with Gasteiger partial charge in [0.1, 0.15) is 5.82 Å². The van der Waals surface area contributed by atoms with Crippen molar-refractivity contribution in [1.29, 1.82) is 0 Å². The smallest absolute Gasteiger partial charge is 0.396 e. The van der Waals surface area contributed by atoms with Gasteiger partial charge in [0.15, 0.2) is 0 Å². The van der Waals surface area contributed by atoms with Crippen molar-refractivity contribution in [1.82, 2.24) is 0 Å². The zero-order valence-electron chi connectivity index (χ0n) is 6.40. The zero-order valence-corrected chi connectivity index (χ0v) is 6.40. The fourth-order valence-corrected chi connectivity index (χ4v) is 0.849. The van der Waals surface area contributed by atoms with Gasteiger partial charge in [-0.3, -0.25) is 0 Å². The quantitative estimate of drug-likeness (QED) is 0.537. The molecule has 2 N–H and O–H groups in total. The van der Waals surface area contributed by atoms with Gasteiger partial charge in [-0.15, -0.1) is 0 Å². The summed E-state index contributed by atoms with van der Waals surface area (Å²) < 4.78 is 48.1. The van der Waals surface area contributed by atoms with Crippen LogP contribution in [0.15, 0.2) is 18.2 Å². The first-order valence-corrected chi connectivity index (χ1v) is 3.36. The van der Waals surface area contributed by atoms with E-state index in [1.165, 1.54) is 6.07 Å². The number of hydrogen-bond acceptors (Lipinski definition) is 1. The maximum Gasteiger partial charge on any atom is 0.396 e. The molecule has 5 heteroatoms. The Balaban J connectivity index is 2.94. The fourth-order valence-electron chi connectivity index (χ4n) is 0.849. The molecule has 0 spiro atoms. The molecule has 1 aromatic rings. The van der Waals surface area contributed by atoms with E-state index in [1.807, 2.05) is 0 Å². The van der Waals surface area contributed by atoms with Crippen LogP contribution in [0.4, 0.5) is 23.2 Å². The molecular formula is C8H6F4N. The van der Waals surface area contributed by atoms with Crippen molar-refractivity contribution >= 4 is 5.69 Å². The monoisotopic (exact) mass is 192 g/mol. The van der Waals surface area contributed by atoms with Gasteiger partial charge in [0.25, 0.3) is 0 Å². The van der Waals surface area contributed by atoms with Crippen molar-refractivity contribution in [3.63, 3.8) is 0 Å². The minimum atomic E-state index is -4.53. The van der Waals surface area contributed by atoms with Gasteiger partial charge >= 0.3 is 6.18 Å². The van der Waals surface area contributed by atoms with Crippen LogP contribution in [0.2, 0.25) is 0 Å². The van der Waals surface area contributed by atoms with Gasteiger partial charge in [-0.05, 0) is 18.2 Å². The van der Waals surface area contributed by atoms with Gasteiger partial charge < -0.3 is 5.73 Å². The Bertz CT molecular complexity index is 306. The number of rotatable bonds is 1. The molecule has 1 nitrogen and oxygen atoms in total. The number of alkyl halides is 3. The van der Waals surface area contributed by atoms with E-state index in [-0.39, 0.29) is 12.1 Å². The summed E-state index contributed by atoms with van der Waals surface area (Å²) in [5.74, 6) is -0.938. The first-order valence-electron chi connectivity index (χ1n) is 3.36. The molecule has 0 aliphatic carbocycles. The molecule has 0 amide bonds. The number of nitrogens with two attached hydrogens (primary N) is 1. The molecule has 1 rings (SSSR count). The van der Waals surface area contributed by atoms with Crippen molar-refractivity contribution in [3.8, 4) is 0 Å². The highest BCUT2D eigenvalue weighted by molar-refractivity contribution is 5.44. The topological polar surface area (TPSA) is 26.0 Å². The first-order chi connectivity index (χ1) is 5.88. The van der Waals surface area contributed by atoms with E-state index in [0.29, 0.717) is 0 Å². The second-order valence-corrected chi connectivity index (χ2v) is 2.47. The van der Waals surface area contributed by atoms with Gasteiger partial charge in [-0.2, -0.15) is 13.2 Å². The van der Waals surface area contributed by atoms with E-state index in [2.05, 4.69) is 0 Å². The Kier molecular flexibility index (Phi) is 2.45. The van der Waals surface area contributed by atoms with Gasteiger partial charge in [0.05, 0.1) is 6.42 Å². The number of hydrogen-bond donors (Lipinski definition) is 1. The molecule has 0 aliphatic heterocycles. The molecule has 0 bridgehead atoms. The minimum absolute atomic E-state index is 0.0944. The average Bonchev–Trinajstić information content (AvgIpc) is 1.94. The summed E-state index contributed by atoms with van der Waals surface area (Å²) in [6.45, 7) is 0. The number of nitrogen functional groups attached to an aromatic ring is 1. The molecule has 0 saturated carbocycles. The normalized spacial score (nSPS) is 11.7. The molecule has 0 unspecified atom stereocenters. The molecule has 0 fully saturated rings. The van der Waals surface area contributed by atoms with Crippen LogP contribution >= 0.6 is 0 Å². The van der Waals surface area contributed by atoms with E-state index in [9.17, 15) is 17.6 Å². The van der Waals surface area contributed by atoms with E-state index < -0.39 is 17.6 Å². The van der Waals surface area contributed by atoms with Gasteiger partial charge in [-0.25, -0.2) is 4.39 Å². The second kappa shape index (κ2) is 3.24. The summed E-state index contributed by atoms with van der Waals surface area (Å²) >= 11 is 0. The van der Waals surface area contributed by atoms with Gasteiger partial charge in [-0.1, -0.05) is 0 Å². The maximum atomic E-state index is 12.7. The first kappa shape index (κ1) is 9.83. The van der Waals surface area contributed by atoms with Crippen molar-refractivity contribution in [2.24, 2.45) is 0 Å². The van der Waals surface area contributed by atoms with Crippen molar-refractivity contribution in [2.45, 2.75) is 6.18 Å². The third-order valence-corrected chi connectivity index (χ3v) is 1.34. The van der Waals surface area contributed by atoms with Crippen molar-refractivity contribution < 1.29 is 17.6 Å². The van der Waals surface area contributed by atoms with Crippen LogP contribution in [-0.2, 0) is 0 Å². The predicted molar refractivity (Wildman–Crippen MR) is 40.3 cm³/mol. The van der Waals surface area contributed by atoms with E-state index in [0.717, 1.165) is 12.1 Å². The molecule has 0 heterocycles. The van der Waals surface area contributed by atoms with Crippen LogP contribution in [-0.4, -0.2) is 6.18 Å². The Labute approximate surface area is 72.2 Å². The Morgan fingerprint density at radius 3 is 2.38 bits per heavy atom. The molecule has 1 radical (unpaired) electrons. The van der Waals surface area contributed by atoms with Crippen LogP contribution in [0.25, 0.3) is 0 Å². The lowest BCUT2D eigenvalue weighted by molar-refractivity contribution is -0.0930. The fraction of sp³-hybridized carbons (Fsp3) is 0.125. The third-order valence-electron chi connectivity index (χ3n) is 1.34. The maximum absolute atomic E-state index is 12.7. The van der Waals surface area contributed by atoms with Crippen LogP contribution < -0.4 is 5.73 Å². The van der Waals surface area contributed by atoms with Crippen LogP contribution in [0.5, 0.6) is 0 Å². The second-order valence-electron chi connectivity index (χ2n) is 2.47. The minimum Gasteiger partial charge on any atom is -0.399 e. The van der Waals surface area contributed by atoms with Crippen LogP contribution in [0.1, 0.15) is 5.56 Å². The third kappa shape index (κ3) is 2.93. The molecule has 0 saturated heterocycles. The average molecular weight is 192 g/mol. The molecule has 0 aliphatic rings. The Hall–Kier alpha value is -1.26. The summed E-state index contributed by atoms with van der Waals surface area (Å²) in [6, 6.07) is 3.03. The zero-order chi connectivity index (χ0) is 10.1. The Morgan fingerprint density at radius 1 is 1.23 bits per heavy atom. The lowest BCUT2D eigenvalue weighted by atomic mass is 10.1. The van der Waals surface area contributed by atoms with Crippen molar-refractivity contribution in [2.75, 3.05) is 5.73 Å². The largest absolute Gasteiger partial charge is 0.399 e. The standard InChI is InChI=1S/C8H6F4N/c9-7-2-1-6(13)3-5(7)4-8(10,11)12/h1-4H,13H2. The molecule has 0 atom stereocenters. The Morgan fingerprint density at radius 2 is 1.85 bits per heavy atom. The molecule has 1 aromatic carbocycles. The number of halogens is 4. The highest BCUT2D eigenvalue weighted by atomic mass is 19.4. The van der Waals surface area contributed by atoms with Gasteiger partial charge in [0, 0.05) is 11.3 Å². The molecule has 0 aromatic heterocycles. The number of anilines is 1. The lowest BCUT2D eigenvalue weighted by Crippen LogP contribution is -2.10. The number of benzene rings is 1. The highest BCUT2D eigenvalue weighted by Gasteiger charge is 2.29. The SMILES string of the molecule is Nc1ccc(F)c([CH]C(F)(F)F)c1. The van der Waals surface area contributed by atoms with E-state index >= 15 is 0 Å². The highest BCUT2D eigenvalue weighted by Crippen LogP contribution is 2.26. The van der Waals surface area contributed by atoms with Crippen LogP contribution in [0.3, 0.4) is 0 Å². The van der Waals surface area contributed by atoms with Gasteiger partial charge in [0.2, 0.25) is 0 Å².